The van der Waals surface area contributed by atoms with Gasteiger partial charge in [-0.15, -0.1) is 0 Å². The molecule has 3 heteroatoms. The molecule has 0 radical (unpaired) electrons. The Hall–Kier alpha value is -2.03. The molecule has 2 N–H and O–H groups in total. The molecule has 2 aromatic carbocycles. The molecule has 0 amide bonds. The van der Waals surface area contributed by atoms with Gasteiger partial charge >= 0.3 is 0 Å². The van der Waals surface area contributed by atoms with E-state index < -0.39 is 0 Å². The van der Waals surface area contributed by atoms with Crippen molar-refractivity contribution in [2.45, 2.75) is 33.3 Å². The molecule has 0 unspecified atom stereocenters. The Balaban J connectivity index is 2.14. The van der Waals surface area contributed by atoms with Crippen molar-refractivity contribution in [1.82, 2.24) is 0 Å². The SMILES string of the molecule is Cc1cc(OCc2c(N)cccc2F)ccc1C(C)C. The van der Waals surface area contributed by atoms with Gasteiger partial charge in [0.15, 0.2) is 0 Å². The molecule has 0 saturated carbocycles. The molecule has 0 aromatic heterocycles. The molecule has 0 aliphatic heterocycles. The van der Waals surface area contributed by atoms with Gasteiger partial charge in [-0.3, -0.25) is 0 Å². The maximum absolute atomic E-state index is 13.6. The monoisotopic (exact) mass is 273 g/mol. The molecule has 0 saturated heterocycles. The number of hydrogen-bond donors (Lipinski definition) is 1. The topological polar surface area (TPSA) is 35.2 Å². The van der Waals surface area contributed by atoms with Crippen LogP contribution in [0.3, 0.4) is 0 Å². The van der Waals surface area contributed by atoms with Gasteiger partial charge in [0.05, 0.1) is 0 Å². The highest BCUT2D eigenvalue weighted by atomic mass is 19.1. The first kappa shape index (κ1) is 14.4. The highest BCUT2D eigenvalue weighted by Gasteiger charge is 2.08. The van der Waals surface area contributed by atoms with E-state index in [9.17, 15) is 4.39 Å². The predicted molar refractivity (Wildman–Crippen MR) is 80.4 cm³/mol. The molecule has 2 nitrogen and oxygen atoms in total. The first-order valence-electron chi connectivity index (χ1n) is 6.75. The second-order valence-electron chi connectivity index (χ2n) is 5.27. The highest BCUT2D eigenvalue weighted by molar-refractivity contribution is 5.47. The van der Waals surface area contributed by atoms with Gasteiger partial charge in [0, 0.05) is 11.3 Å². The van der Waals surface area contributed by atoms with Gasteiger partial charge < -0.3 is 10.5 Å². The first-order chi connectivity index (χ1) is 9.49. The van der Waals surface area contributed by atoms with Crippen LogP contribution in [0.4, 0.5) is 10.1 Å². The van der Waals surface area contributed by atoms with Crippen LogP contribution >= 0.6 is 0 Å². The Morgan fingerprint density at radius 3 is 2.55 bits per heavy atom. The summed E-state index contributed by atoms with van der Waals surface area (Å²) in [6, 6.07) is 10.6. The minimum Gasteiger partial charge on any atom is -0.489 e. The maximum atomic E-state index is 13.6. The summed E-state index contributed by atoms with van der Waals surface area (Å²) in [7, 11) is 0. The highest BCUT2D eigenvalue weighted by Crippen LogP contribution is 2.25. The molecule has 0 atom stereocenters. The summed E-state index contributed by atoms with van der Waals surface area (Å²) >= 11 is 0. The van der Waals surface area contributed by atoms with E-state index in [4.69, 9.17) is 10.5 Å². The van der Waals surface area contributed by atoms with E-state index in [-0.39, 0.29) is 12.4 Å². The van der Waals surface area contributed by atoms with E-state index >= 15 is 0 Å². The Labute approximate surface area is 119 Å². The molecule has 20 heavy (non-hydrogen) atoms. The molecule has 106 valence electrons. The van der Waals surface area contributed by atoms with E-state index in [1.807, 2.05) is 12.1 Å². The van der Waals surface area contributed by atoms with Gasteiger partial charge in [-0.1, -0.05) is 26.0 Å². The lowest BCUT2D eigenvalue weighted by atomic mass is 9.98. The third kappa shape index (κ3) is 3.10. The zero-order chi connectivity index (χ0) is 14.7. The molecule has 0 aliphatic carbocycles. The second-order valence-corrected chi connectivity index (χ2v) is 5.27. The van der Waals surface area contributed by atoms with Crippen LogP contribution in [0, 0.1) is 12.7 Å². The van der Waals surface area contributed by atoms with Crippen molar-refractivity contribution in [2.24, 2.45) is 0 Å². The molecule has 0 bridgehead atoms. The first-order valence-corrected chi connectivity index (χ1v) is 6.75. The summed E-state index contributed by atoms with van der Waals surface area (Å²) in [5, 5.41) is 0. The second kappa shape index (κ2) is 5.95. The van der Waals surface area contributed by atoms with Crippen LogP contribution in [0.25, 0.3) is 0 Å². The number of benzene rings is 2. The summed E-state index contributed by atoms with van der Waals surface area (Å²) in [5.74, 6) is 0.876. The number of anilines is 1. The van der Waals surface area contributed by atoms with E-state index in [0.717, 1.165) is 5.75 Å². The minimum absolute atomic E-state index is 0.138. The quantitative estimate of drug-likeness (QED) is 0.837. The molecule has 0 spiro atoms. The molecular formula is C17H20FNO. The molecule has 0 aliphatic rings. The van der Waals surface area contributed by atoms with Crippen molar-refractivity contribution < 1.29 is 9.13 Å². The van der Waals surface area contributed by atoms with Crippen molar-refractivity contribution in [3.8, 4) is 5.75 Å². The lowest BCUT2D eigenvalue weighted by Crippen LogP contribution is -2.03. The standard InChI is InChI=1S/C17H20FNO/c1-11(2)14-8-7-13(9-12(14)3)20-10-15-16(18)5-4-6-17(15)19/h4-9,11H,10,19H2,1-3H3. The summed E-state index contributed by atoms with van der Waals surface area (Å²) in [4.78, 5) is 0. The van der Waals surface area contributed by atoms with E-state index in [1.165, 1.54) is 17.2 Å². The fourth-order valence-electron chi connectivity index (χ4n) is 2.27. The van der Waals surface area contributed by atoms with Crippen molar-refractivity contribution in [3.63, 3.8) is 0 Å². The molecule has 0 heterocycles. The fraction of sp³-hybridized carbons (Fsp3) is 0.294. The Morgan fingerprint density at radius 1 is 1.20 bits per heavy atom. The third-order valence-corrected chi connectivity index (χ3v) is 3.40. The van der Waals surface area contributed by atoms with Gasteiger partial charge in [-0.05, 0) is 48.2 Å². The van der Waals surface area contributed by atoms with Crippen LogP contribution in [-0.2, 0) is 6.61 Å². The number of nitrogen functional groups attached to an aromatic ring is 1. The van der Waals surface area contributed by atoms with Crippen LogP contribution < -0.4 is 10.5 Å². The smallest absolute Gasteiger partial charge is 0.131 e. The van der Waals surface area contributed by atoms with Crippen LogP contribution in [-0.4, -0.2) is 0 Å². The number of halogens is 1. The number of hydrogen-bond acceptors (Lipinski definition) is 2. The molecular weight excluding hydrogens is 253 g/mol. The summed E-state index contributed by atoms with van der Waals surface area (Å²) in [5.41, 5.74) is 9.05. The van der Waals surface area contributed by atoms with Crippen molar-refractivity contribution in [3.05, 3.63) is 58.9 Å². The largest absolute Gasteiger partial charge is 0.489 e. The van der Waals surface area contributed by atoms with Gasteiger partial charge in [-0.25, -0.2) is 4.39 Å². The zero-order valence-corrected chi connectivity index (χ0v) is 12.1. The normalized spacial score (nSPS) is 10.8. The Kier molecular flexibility index (Phi) is 4.28. The van der Waals surface area contributed by atoms with Crippen LogP contribution in [0.1, 0.15) is 36.5 Å². The van der Waals surface area contributed by atoms with Gasteiger partial charge in [-0.2, -0.15) is 0 Å². The number of rotatable bonds is 4. The summed E-state index contributed by atoms with van der Waals surface area (Å²) < 4.78 is 19.3. The van der Waals surface area contributed by atoms with Gasteiger partial charge in [0.1, 0.15) is 18.2 Å². The Bertz CT molecular complexity index is 588. The van der Waals surface area contributed by atoms with E-state index in [2.05, 4.69) is 26.8 Å². The molecule has 2 aromatic rings. The molecule has 0 fully saturated rings. The number of nitrogens with two attached hydrogens (primary N) is 1. The van der Waals surface area contributed by atoms with Crippen molar-refractivity contribution >= 4 is 5.69 Å². The fourth-order valence-corrected chi connectivity index (χ4v) is 2.27. The number of ether oxygens (including phenoxy) is 1. The lowest BCUT2D eigenvalue weighted by Gasteiger charge is -2.13. The van der Waals surface area contributed by atoms with Crippen molar-refractivity contribution in [2.75, 3.05) is 5.73 Å². The summed E-state index contributed by atoms with van der Waals surface area (Å²) in [6.45, 7) is 6.50. The predicted octanol–water partition coefficient (Wildman–Crippen LogP) is 4.42. The zero-order valence-electron chi connectivity index (χ0n) is 12.1. The maximum Gasteiger partial charge on any atom is 0.131 e. The molecule has 2 rings (SSSR count). The van der Waals surface area contributed by atoms with Crippen molar-refractivity contribution in [1.29, 1.82) is 0 Å². The average molecular weight is 273 g/mol. The van der Waals surface area contributed by atoms with Crippen LogP contribution in [0.2, 0.25) is 0 Å². The van der Waals surface area contributed by atoms with E-state index in [0.29, 0.717) is 17.2 Å². The van der Waals surface area contributed by atoms with E-state index in [1.54, 1.807) is 12.1 Å². The van der Waals surface area contributed by atoms with Gasteiger partial charge in [0.2, 0.25) is 0 Å². The number of aryl methyl sites for hydroxylation is 1. The van der Waals surface area contributed by atoms with Crippen LogP contribution in [0.5, 0.6) is 5.75 Å². The minimum atomic E-state index is -0.333. The van der Waals surface area contributed by atoms with Crippen LogP contribution in [0.15, 0.2) is 36.4 Å². The third-order valence-electron chi connectivity index (χ3n) is 3.40. The Morgan fingerprint density at radius 2 is 1.95 bits per heavy atom. The summed E-state index contributed by atoms with van der Waals surface area (Å²) in [6.07, 6.45) is 0. The van der Waals surface area contributed by atoms with Gasteiger partial charge in [0.25, 0.3) is 0 Å². The lowest BCUT2D eigenvalue weighted by molar-refractivity contribution is 0.300. The average Bonchev–Trinajstić information content (AvgIpc) is 2.37.